The molecule has 2 aromatic rings. The average Bonchev–Trinajstić information content (AvgIpc) is 2.76. The number of rotatable bonds is 4. The van der Waals surface area contributed by atoms with Crippen molar-refractivity contribution in [3.63, 3.8) is 0 Å². The van der Waals surface area contributed by atoms with Crippen LogP contribution in [0.4, 0.5) is 13.2 Å². The molecule has 1 heterocycles. The van der Waals surface area contributed by atoms with Crippen LogP contribution in [0.25, 0.3) is 0 Å². The predicted octanol–water partition coefficient (Wildman–Crippen LogP) is 2.79. The quantitative estimate of drug-likeness (QED) is 0.927. The Morgan fingerprint density at radius 1 is 1.26 bits per heavy atom. The normalized spacial score (nSPS) is 12.7. The van der Waals surface area contributed by atoms with Gasteiger partial charge in [-0.2, -0.15) is 5.10 Å². The van der Waals surface area contributed by atoms with E-state index in [4.69, 9.17) is 0 Å². The van der Waals surface area contributed by atoms with Crippen molar-refractivity contribution < 1.29 is 18.3 Å². The Morgan fingerprint density at radius 2 is 1.89 bits per heavy atom. The Labute approximate surface area is 108 Å². The Hall–Kier alpha value is -1.82. The summed E-state index contributed by atoms with van der Waals surface area (Å²) >= 11 is 0. The molecule has 0 fully saturated rings. The number of aromatic nitrogens is 2. The van der Waals surface area contributed by atoms with Crippen molar-refractivity contribution in [2.45, 2.75) is 26.0 Å². The fourth-order valence-corrected chi connectivity index (χ4v) is 1.94. The van der Waals surface area contributed by atoms with Crippen LogP contribution in [0.15, 0.2) is 24.4 Å². The molecule has 0 saturated carbocycles. The van der Waals surface area contributed by atoms with Crippen molar-refractivity contribution >= 4 is 0 Å². The minimum Gasteiger partial charge on any atom is -0.382 e. The monoisotopic (exact) mass is 270 g/mol. The topological polar surface area (TPSA) is 38.0 Å². The molecule has 0 radical (unpaired) electrons. The summed E-state index contributed by atoms with van der Waals surface area (Å²) in [4.78, 5) is 0. The molecule has 0 aliphatic heterocycles. The van der Waals surface area contributed by atoms with Crippen molar-refractivity contribution in [3.8, 4) is 0 Å². The first-order valence-corrected chi connectivity index (χ1v) is 5.88. The Balaban J connectivity index is 2.44. The van der Waals surface area contributed by atoms with E-state index in [1.54, 1.807) is 0 Å². The molecule has 1 aromatic heterocycles. The third-order valence-corrected chi connectivity index (χ3v) is 2.78. The molecule has 19 heavy (non-hydrogen) atoms. The van der Waals surface area contributed by atoms with E-state index in [2.05, 4.69) is 5.10 Å². The van der Waals surface area contributed by atoms with Crippen LogP contribution in [-0.2, 0) is 6.54 Å². The molecule has 0 aliphatic carbocycles. The molecule has 1 atom stereocenters. The highest BCUT2D eigenvalue weighted by atomic mass is 19.1. The molecule has 6 heteroatoms. The zero-order chi connectivity index (χ0) is 14.0. The summed E-state index contributed by atoms with van der Waals surface area (Å²) in [5.74, 6) is -3.25. The van der Waals surface area contributed by atoms with Gasteiger partial charge in [0.25, 0.3) is 0 Å². The van der Waals surface area contributed by atoms with Crippen LogP contribution in [0, 0.1) is 17.5 Å². The third-order valence-electron chi connectivity index (χ3n) is 2.78. The van der Waals surface area contributed by atoms with Gasteiger partial charge < -0.3 is 5.11 Å². The first-order valence-electron chi connectivity index (χ1n) is 5.88. The molecule has 1 N–H and O–H groups in total. The maximum absolute atomic E-state index is 13.6. The molecule has 0 saturated heterocycles. The van der Waals surface area contributed by atoms with E-state index in [-0.39, 0.29) is 5.69 Å². The van der Waals surface area contributed by atoms with Gasteiger partial charge in [-0.3, -0.25) is 4.68 Å². The summed E-state index contributed by atoms with van der Waals surface area (Å²) in [7, 11) is 0. The van der Waals surface area contributed by atoms with Crippen LogP contribution >= 0.6 is 0 Å². The van der Waals surface area contributed by atoms with E-state index >= 15 is 0 Å². The highest BCUT2D eigenvalue weighted by Crippen LogP contribution is 2.27. The third kappa shape index (κ3) is 2.63. The Kier molecular flexibility index (Phi) is 3.90. The number of aliphatic hydroxyl groups excluding tert-OH is 1. The van der Waals surface area contributed by atoms with E-state index in [0.29, 0.717) is 18.7 Å². The van der Waals surface area contributed by atoms with E-state index in [1.807, 2.05) is 6.92 Å². The van der Waals surface area contributed by atoms with E-state index < -0.39 is 29.1 Å². The maximum atomic E-state index is 13.6. The maximum Gasteiger partial charge on any atom is 0.135 e. The molecule has 2 rings (SSSR count). The summed E-state index contributed by atoms with van der Waals surface area (Å²) < 4.78 is 41.5. The average molecular weight is 270 g/mol. The van der Waals surface area contributed by atoms with E-state index in [9.17, 15) is 18.3 Å². The summed E-state index contributed by atoms with van der Waals surface area (Å²) in [5, 5.41) is 14.0. The zero-order valence-corrected chi connectivity index (χ0v) is 10.3. The lowest BCUT2D eigenvalue weighted by atomic mass is 10.0. The molecule has 0 bridgehead atoms. The van der Waals surface area contributed by atoms with Gasteiger partial charge in [-0.25, -0.2) is 13.2 Å². The number of nitrogens with zero attached hydrogens (tertiary/aromatic N) is 2. The molecule has 3 nitrogen and oxygen atoms in total. The first-order chi connectivity index (χ1) is 9.04. The molecular weight excluding hydrogens is 257 g/mol. The summed E-state index contributed by atoms with van der Waals surface area (Å²) in [6, 6.07) is 2.56. The van der Waals surface area contributed by atoms with Gasteiger partial charge in [-0.15, -0.1) is 0 Å². The van der Waals surface area contributed by atoms with Gasteiger partial charge in [0.1, 0.15) is 23.6 Å². The van der Waals surface area contributed by atoms with Gasteiger partial charge in [0.15, 0.2) is 0 Å². The van der Waals surface area contributed by atoms with Crippen LogP contribution in [0.3, 0.4) is 0 Å². The highest BCUT2D eigenvalue weighted by molar-refractivity contribution is 5.29. The number of hydrogen-bond acceptors (Lipinski definition) is 2. The fourth-order valence-electron chi connectivity index (χ4n) is 1.94. The molecule has 1 unspecified atom stereocenters. The number of benzene rings is 1. The van der Waals surface area contributed by atoms with Crippen LogP contribution in [0.5, 0.6) is 0 Å². The zero-order valence-electron chi connectivity index (χ0n) is 10.3. The second-order valence-corrected chi connectivity index (χ2v) is 4.16. The van der Waals surface area contributed by atoms with Crippen LogP contribution < -0.4 is 0 Å². The van der Waals surface area contributed by atoms with Gasteiger partial charge in [-0.05, 0) is 12.5 Å². The fraction of sp³-hybridized carbons (Fsp3) is 0.308. The van der Waals surface area contributed by atoms with Crippen molar-refractivity contribution in [1.82, 2.24) is 9.78 Å². The number of halogens is 3. The van der Waals surface area contributed by atoms with Crippen molar-refractivity contribution in [1.29, 1.82) is 0 Å². The van der Waals surface area contributed by atoms with Crippen LogP contribution in [0.1, 0.15) is 30.7 Å². The lowest BCUT2D eigenvalue weighted by Crippen LogP contribution is -2.13. The smallest absolute Gasteiger partial charge is 0.135 e. The first kappa shape index (κ1) is 13.6. The van der Waals surface area contributed by atoms with Gasteiger partial charge in [0.05, 0.1) is 11.3 Å². The summed E-state index contributed by atoms with van der Waals surface area (Å²) in [6.07, 6.45) is 0.679. The van der Waals surface area contributed by atoms with Gasteiger partial charge in [-0.1, -0.05) is 6.92 Å². The lowest BCUT2D eigenvalue weighted by molar-refractivity contribution is 0.196. The summed E-state index contributed by atoms with van der Waals surface area (Å²) in [5.41, 5.74) is -0.300. The number of hydrogen-bond donors (Lipinski definition) is 1. The molecule has 0 aliphatic rings. The van der Waals surface area contributed by atoms with Crippen molar-refractivity contribution in [3.05, 3.63) is 53.1 Å². The van der Waals surface area contributed by atoms with Gasteiger partial charge in [0, 0.05) is 24.9 Å². The SMILES string of the molecule is CCCn1nccc1C(O)c1c(F)cc(F)cc1F. The van der Waals surface area contributed by atoms with E-state index in [0.717, 1.165) is 6.42 Å². The minimum atomic E-state index is -1.52. The second-order valence-electron chi connectivity index (χ2n) is 4.16. The Morgan fingerprint density at radius 3 is 2.47 bits per heavy atom. The van der Waals surface area contributed by atoms with Gasteiger partial charge >= 0.3 is 0 Å². The molecular formula is C13H13F3N2O. The van der Waals surface area contributed by atoms with E-state index in [1.165, 1.54) is 16.9 Å². The molecule has 102 valence electrons. The molecule has 0 amide bonds. The number of aliphatic hydroxyl groups is 1. The standard InChI is InChI=1S/C13H13F3N2O/c1-2-5-18-11(3-4-17-18)13(19)12-9(15)6-8(14)7-10(12)16/h3-4,6-7,13,19H,2,5H2,1H3. The van der Waals surface area contributed by atoms with Crippen molar-refractivity contribution in [2.24, 2.45) is 0 Å². The van der Waals surface area contributed by atoms with Crippen molar-refractivity contribution in [2.75, 3.05) is 0 Å². The predicted molar refractivity (Wildman–Crippen MR) is 62.9 cm³/mol. The second kappa shape index (κ2) is 5.44. The highest BCUT2D eigenvalue weighted by Gasteiger charge is 2.23. The summed E-state index contributed by atoms with van der Waals surface area (Å²) in [6.45, 7) is 2.43. The molecule has 1 aromatic carbocycles. The van der Waals surface area contributed by atoms with Crippen LogP contribution in [0.2, 0.25) is 0 Å². The van der Waals surface area contributed by atoms with Gasteiger partial charge in [0.2, 0.25) is 0 Å². The largest absolute Gasteiger partial charge is 0.382 e. The minimum absolute atomic E-state index is 0.270. The Bertz CT molecular complexity index is 560. The molecule has 0 spiro atoms. The lowest BCUT2D eigenvalue weighted by Gasteiger charge is -2.15. The van der Waals surface area contributed by atoms with Crippen LogP contribution in [-0.4, -0.2) is 14.9 Å². The number of aryl methyl sites for hydroxylation is 1.